The molecule has 0 aromatic heterocycles. The van der Waals surface area contributed by atoms with Gasteiger partial charge in [-0.05, 0) is 59.4 Å². The van der Waals surface area contributed by atoms with E-state index in [1.54, 1.807) is 0 Å². The van der Waals surface area contributed by atoms with Crippen LogP contribution in [0.2, 0.25) is 0 Å². The van der Waals surface area contributed by atoms with E-state index in [0.717, 1.165) is 36.0 Å². The summed E-state index contributed by atoms with van der Waals surface area (Å²) in [5.41, 5.74) is 6.89. The molecule has 0 amide bonds. The van der Waals surface area contributed by atoms with Crippen LogP contribution in [-0.2, 0) is 12.8 Å². The lowest BCUT2D eigenvalue weighted by Crippen LogP contribution is -2.31. The van der Waals surface area contributed by atoms with Crippen molar-refractivity contribution in [1.29, 1.82) is 0 Å². The molecule has 0 radical (unpaired) electrons. The predicted molar refractivity (Wildman–Crippen MR) is 87.3 cm³/mol. The van der Waals surface area contributed by atoms with Crippen molar-refractivity contribution in [2.75, 3.05) is 0 Å². The van der Waals surface area contributed by atoms with E-state index in [2.05, 4.69) is 43.3 Å². The minimum absolute atomic E-state index is 0.0732. The predicted octanol–water partition coefficient (Wildman–Crippen LogP) is 3.89. The number of benzene rings is 2. The number of hydrogen-bond donors (Lipinski definition) is 1. The first-order valence-electron chi connectivity index (χ1n) is 8.17. The molecule has 0 saturated carbocycles. The summed E-state index contributed by atoms with van der Waals surface area (Å²) in [5.74, 6) is 0.223. The van der Waals surface area contributed by atoms with Gasteiger partial charge in [-0.3, -0.25) is 4.79 Å². The van der Waals surface area contributed by atoms with Gasteiger partial charge in [0.25, 0.3) is 0 Å². The topological polar surface area (TPSA) is 37.3 Å². The van der Waals surface area contributed by atoms with Crippen molar-refractivity contribution in [2.45, 2.75) is 44.6 Å². The van der Waals surface area contributed by atoms with Crippen molar-refractivity contribution in [1.82, 2.24) is 0 Å². The van der Waals surface area contributed by atoms with Crippen LogP contribution in [0.1, 0.15) is 52.7 Å². The third-order valence-corrected chi connectivity index (χ3v) is 5.29. The quantitative estimate of drug-likeness (QED) is 0.865. The molecule has 2 aliphatic carbocycles. The fraction of sp³-hybridized carbons (Fsp3) is 0.350. The Morgan fingerprint density at radius 1 is 1.09 bits per heavy atom. The number of rotatable bonds is 1. The Kier molecular flexibility index (Phi) is 3.16. The van der Waals surface area contributed by atoms with Gasteiger partial charge >= 0.3 is 0 Å². The molecule has 2 aromatic rings. The summed E-state index contributed by atoms with van der Waals surface area (Å²) in [6.07, 6.45) is 2.57. The maximum absolute atomic E-state index is 12.6. The summed E-state index contributed by atoms with van der Waals surface area (Å²) in [4.78, 5) is 12.6. The highest BCUT2D eigenvalue weighted by atomic mass is 16.3. The Hall–Kier alpha value is -1.93. The minimum Gasteiger partial charge on any atom is -0.385 e. The van der Waals surface area contributed by atoms with Crippen LogP contribution in [0, 0.1) is 0 Å². The maximum atomic E-state index is 12.6. The first-order valence-corrected chi connectivity index (χ1v) is 8.17. The van der Waals surface area contributed by atoms with Crippen LogP contribution in [0.5, 0.6) is 0 Å². The van der Waals surface area contributed by atoms with Gasteiger partial charge in [0.1, 0.15) is 6.10 Å². The van der Waals surface area contributed by atoms with Gasteiger partial charge < -0.3 is 5.11 Å². The Morgan fingerprint density at radius 3 is 2.73 bits per heavy atom. The van der Waals surface area contributed by atoms with Crippen LogP contribution in [0.25, 0.3) is 11.1 Å². The van der Waals surface area contributed by atoms with Crippen LogP contribution in [0.3, 0.4) is 0 Å². The number of aliphatic hydroxyl groups excluding tert-OH is 1. The third-order valence-electron chi connectivity index (χ3n) is 5.29. The lowest BCUT2D eigenvalue weighted by Gasteiger charge is -2.32. The van der Waals surface area contributed by atoms with Crippen molar-refractivity contribution in [3.8, 4) is 11.1 Å². The van der Waals surface area contributed by atoms with E-state index in [1.165, 1.54) is 16.7 Å². The summed E-state index contributed by atoms with van der Waals surface area (Å²) in [7, 11) is 0. The summed E-state index contributed by atoms with van der Waals surface area (Å²) >= 11 is 0. The first-order chi connectivity index (χ1) is 10.7. The Balaban J connectivity index is 1.97. The molecule has 2 atom stereocenters. The van der Waals surface area contributed by atoms with Crippen LogP contribution < -0.4 is 0 Å². The number of aliphatic hydroxyl groups is 1. The largest absolute Gasteiger partial charge is 0.385 e. The van der Waals surface area contributed by atoms with Crippen molar-refractivity contribution in [2.24, 2.45) is 0 Å². The minimum atomic E-state index is -0.832. The number of carbonyl (C=O) groups is 1. The van der Waals surface area contributed by atoms with E-state index >= 15 is 0 Å². The third kappa shape index (κ3) is 1.87. The molecule has 2 nitrogen and oxygen atoms in total. The molecule has 0 spiro atoms. The molecule has 1 N–H and O–H groups in total. The second kappa shape index (κ2) is 5.06. The molecular weight excluding hydrogens is 272 g/mol. The normalized spacial score (nSPS) is 22.7. The van der Waals surface area contributed by atoms with Crippen molar-refractivity contribution in [3.63, 3.8) is 0 Å². The highest BCUT2D eigenvalue weighted by molar-refractivity contribution is 6.05. The molecule has 2 unspecified atom stereocenters. The second-order valence-corrected chi connectivity index (χ2v) is 6.43. The van der Waals surface area contributed by atoms with E-state index < -0.39 is 6.10 Å². The van der Waals surface area contributed by atoms with Gasteiger partial charge in [0.05, 0.1) is 0 Å². The molecule has 22 heavy (non-hydrogen) atoms. The van der Waals surface area contributed by atoms with Crippen molar-refractivity contribution in [3.05, 3.63) is 58.7 Å². The fourth-order valence-corrected chi connectivity index (χ4v) is 4.13. The number of Topliss-reactive ketones (excluding diaryl/α,β-unsaturated/α-hetero) is 1. The monoisotopic (exact) mass is 292 g/mol. The lowest BCUT2D eigenvalue weighted by atomic mass is 9.73. The van der Waals surface area contributed by atoms with Gasteiger partial charge in [-0.25, -0.2) is 0 Å². The van der Waals surface area contributed by atoms with E-state index in [1.807, 2.05) is 0 Å². The smallest absolute Gasteiger partial charge is 0.191 e. The SMILES string of the molecule is CCC1CC(O)C(=O)c2c1ccc1c2CCc2ccccc2-1. The van der Waals surface area contributed by atoms with Crippen LogP contribution in [-0.4, -0.2) is 17.0 Å². The van der Waals surface area contributed by atoms with Crippen LogP contribution >= 0.6 is 0 Å². The molecule has 0 saturated heterocycles. The summed E-state index contributed by atoms with van der Waals surface area (Å²) in [6, 6.07) is 12.7. The van der Waals surface area contributed by atoms with Gasteiger partial charge in [0.2, 0.25) is 0 Å². The van der Waals surface area contributed by atoms with Gasteiger partial charge in [-0.1, -0.05) is 43.3 Å². The summed E-state index contributed by atoms with van der Waals surface area (Å²) < 4.78 is 0. The molecule has 0 fully saturated rings. The zero-order chi connectivity index (χ0) is 15.3. The molecule has 0 aliphatic heterocycles. The molecular formula is C20H20O2. The van der Waals surface area contributed by atoms with Gasteiger partial charge in [-0.2, -0.15) is 0 Å². The molecule has 112 valence electrons. The number of carbonyl (C=O) groups excluding carboxylic acids is 1. The Bertz CT molecular complexity index is 760. The Labute approximate surface area is 130 Å². The number of aryl methyl sites for hydroxylation is 1. The maximum Gasteiger partial charge on any atom is 0.191 e. The highest BCUT2D eigenvalue weighted by Gasteiger charge is 2.35. The summed E-state index contributed by atoms with van der Waals surface area (Å²) in [5, 5.41) is 10.2. The van der Waals surface area contributed by atoms with Crippen LogP contribution in [0.15, 0.2) is 36.4 Å². The Morgan fingerprint density at radius 2 is 1.91 bits per heavy atom. The molecule has 2 aliphatic rings. The van der Waals surface area contributed by atoms with E-state index in [4.69, 9.17) is 0 Å². The van der Waals surface area contributed by atoms with Crippen LogP contribution in [0.4, 0.5) is 0 Å². The number of hydrogen-bond acceptors (Lipinski definition) is 2. The first kappa shape index (κ1) is 13.7. The average Bonchev–Trinajstić information content (AvgIpc) is 2.57. The van der Waals surface area contributed by atoms with Crippen molar-refractivity contribution < 1.29 is 9.90 Å². The lowest BCUT2D eigenvalue weighted by molar-refractivity contribution is 0.0686. The average molecular weight is 292 g/mol. The molecule has 4 rings (SSSR count). The van der Waals surface area contributed by atoms with Gasteiger partial charge in [-0.15, -0.1) is 0 Å². The summed E-state index contributed by atoms with van der Waals surface area (Å²) in [6.45, 7) is 2.13. The standard InChI is InChI=1S/C20H20O2/c1-2-12-11-18(21)20(22)19-15(12)9-10-16-14-6-4-3-5-13(14)7-8-17(16)19/h3-6,9-10,12,18,21H,2,7-8,11H2,1H3. The number of ketones is 1. The highest BCUT2D eigenvalue weighted by Crippen LogP contribution is 2.42. The zero-order valence-electron chi connectivity index (χ0n) is 12.8. The number of fused-ring (bicyclic) bond motifs is 5. The second-order valence-electron chi connectivity index (χ2n) is 6.43. The molecule has 0 heterocycles. The van der Waals surface area contributed by atoms with E-state index in [-0.39, 0.29) is 5.78 Å². The molecule has 2 heteroatoms. The molecule has 0 bridgehead atoms. The van der Waals surface area contributed by atoms with Gasteiger partial charge in [0.15, 0.2) is 5.78 Å². The molecule has 2 aromatic carbocycles. The van der Waals surface area contributed by atoms with E-state index in [0.29, 0.717) is 12.3 Å². The van der Waals surface area contributed by atoms with Gasteiger partial charge in [0, 0.05) is 5.56 Å². The fourth-order valence-electron chi connectivity index (χ4n) is 4.13. The van der Waals surface area contributed by atoms with Crippen molar-refractivity contribution >= 4 is 5.78 Å². The van der Waals surface area contributed by atoms with E-state index in [9.17, 15) is 9.90 Å². The zero-order valence-corrected chi connectivity index (χ0v) is 12.8.